The molecule has 0 aromatic carbocycles. The highest BCUT2D eigenvalue weighted by Crippen LogP contribution is 2.22. The van der Waals surface area contributed by atoms with E-state index in [9.17, 15) is 9.59 Å². The lowest BCUT2D eigenvalue weighted by atomic mass is 10.1. The summed E-state index contributed by atoms with van der Waals surface area (Å²) in [6.45, 7) is 5.02. The molecule has 0 saturated heterocycles. The largest absolute Gasteiger partial charge is 0.453 e. The van der Waals surface area contributed by atoms with Crippen LogP contribution in [-0.2, 0) is 16.0 Å². The Morgan fingerprint density at radius 2 is 2.04 bits per heavy atom. The van der Waals surface area contributed by atoms with Gasteiger partial charge in [0.15, 0.2) is 6.61 Å². The maximum Gasteiger partial charge on any atom is 0.348 e. The maximum absolute atomic E-state index is 12.4. The van der Waals surface area contributed by atoms with E-state index in [1.807, 2.05) is 19.9 Å². The second-order valence-corrected chi connectivity index (χ2v) is 7.10. The second kappa shape index (κ2) is 8.46. The smallest absolute Gasteiger partial charge is 0.348 e. The van der Waals surface area contributed by atoms with Gasteiger partial charge in [-0.2, -0.15) is 0 Å². The van der Waals surface area contributed by atoms with Crippen LogP contribution in [-0.4, -0.2) is 36.6 Å². The first-order valence-corrected chi connectivity index (χ1v) is 8.74. The monoisotopic (exact) mass is 369 g/mol. The van der Waals surface area contributed by atoms with Crippen LogP contribution in [0.3, 0.4) is 0 Å². The summed E-state index contributed by atoms with van der Waals surface area (Å²) in [7, 11) is 1.67. The van der Waals surface area contributed by atoms with Crippen molar-refractivity contribution < 1.29 is 19.1 Å². The minimum absolute atomic E-state index is 0.211. The Bertz CT molecular complexity index is 735. The number of hydrogen-bond acceptors (Lipinski definition) is 5. The normalized spacial score (nSPS) is 10.8. The van der Waals surface area contributed by atoms with E-state index in [1.165, 1.54) is 0 Å². The zero-order chi connectivity index (χ0) is 17.7. The van der Waals surface area contributed by atoms with E-state index in [2.05, 4.69) is 4.57 Å². The van der Waals surface area contributed by atoms with Gasteiger partial charge in [-0.3, -0.25) is 4.79 Å². The van der Waals surface area contributed by atoms with Crippen LogP contribution >= 0.6 is 22.9 Å². The van der Waals surface area contributed by atoms with Crippen molar-refractivity contribution in [2.45, 2.75) is 26.8 Å². The number of ether oxygens (including phenoxy) is 2. The number of esters is 1. The summed E-state index contributed by atoms with van der Waals surface area (Å²) in [5.74, 6) is -0.744. The molecule has 0 aliphatic heterocycles. The molecule has 0 bridgehead atoms. The van der Waals surface area contributed by atoms with Gasteiger partial charge in [0.2, 0.25) is 5.78 Å². The zero-order valence-electron chi connectivity index (χ0n) is 13.9. The molecule has 0 aliphatic carbocycles. The van der Waals surface area contributed by atoms with Crippen LogP contribution < -0.4 is 0 Å². The van der Waals surface area contributed by atoms with Crippen molar-refractivity contribution in [1.29, 1.82) is 0 Å². The van der Waals surface area contributed by atoms with Gasteiger partial charge in [-0.15, -0.1) is 11.3 Å². The van der Waals surface area contributed by atoms with E-state index < -0.39 is 5.97 Å². The third-order valence-electron chi connectivity index (χ3n) is 3.71. The number of carbonyl (C=O) groups is 2. The summed E-state index contributed by atoms with van der Waals surface area (Å²) in [6, 6.07) is 5.04. The summed E-state index contributed by atoms with van der Waals surface area (Å²) in [4.78, 5) is 24.6. The van der Waals surface area contributed by atoms with E-state index >= 15 is 0 Å². The summed E-state index contributed by atoms with van der Waals surface area (Å²) in [6.07, 6.45) is 0.870. The summed E-state index contributed by atoms with van der Waals surface area (Å²) in [5, 5.41) is 0. The van der Waals surface area contributed by atoms with Gasteiger partial charge >= 0.3 is 5.97 Å². The third kappa shape index (κ3) is 4.47. The predicted octanol–water partition coefficient (Wildman–Crippen LogP) is 3.90. The molecule has 0 fully saturated rings. The fourth-order valence-corrected chi connectivity index (χ4v) is 3.44. The van der Waals surface area contributed by atoms with Gasteiger partial charge in [0.05, 0.1) is 4.34 Å². The van der Waals surface area contributed by atoms with E-state index in [0.29, 0.717) is 21.4 Å². The first kappa shape index (κ1) is 18.7. The van der Waals surface area contributed by atoms with Gasteiger partial charge in [-0.05, 0) is 38.5 Å². The molecule has 130 valence electrons. The van der Waals surface area contributed by atoms with E-state index in [1.54, 1.807) is 19.2 Å². The van der Waals surface area contributed by atoms with Crippen LogP contribution in [0, 0.1) is 13.8 Å². The van der Waals surface area contributed by atoms with Crippen LogP contribution in [0.25, 0.3) is 0 Å². The zero-order valence-corrected chi connectivity index (χ0v) is 15.5. The summed E-state index contributed by atoms with van der Waals surface area (Å²) in [5.41, 5.74) is 2.47. The maximum atomic E-state index is 12.4. The molecule has 2 rings (SSSR count). The molecule has 0 atom stereocenters. The van der Waals surface area contributed by atoms with Crippen LogP contribution in [0.5, 0.6) is 0 Å². The van der Waals surface area contributed by atoms with Crippen molar-refractivity contribution in [2.75, 3.05) is 20.3 Å². The minimum Gasteiger partial charge on any atom is -0.453 e. The molecule has 0 N–H and O–H groups in total. The van der Waals surface area contributed by atoms with Gasteiger partial charge in [0.1, 0.15) is 4.88 Å². The molecule has 0 amide bonds. The lowest BCUT2D eigenvalue weighted by Crippen LogP contribution is -2.14. The van der Waals surface area contributed by atoms with Crippen molar-refractivity contribution in [3.05, 3.63) is 44.4 Å². The van der Waals surface area contributed by atoms with Gasteiger partial charge in [0.25, 0.3) is 0 Å². The Morgan fingerprint density at radius 1 is 1.29 bits per heavy atom. The number of hydrogen-bond donors (Lipinski definition) is 0. The standard InChI is InChI=1S/C17H20ClNO4S/c1-11-9-13(12(2)19(11)7-4-8-22-3)14(20)10-23-17(21)15-5-6-16(18)24-15/h5-6,9H,4,7-8,10H2,1-3H3. The highest BCUT2D eigenvalue weighted by atomic mass is 35.5. The van der Waals surface area contributed by atoms with Gasteiger partial charge in [-0.25, -0.2) is 4.79 Å². The van der Waals surface area contributed by atoms with Crippen LogP contribution in [0.15, 0.2) is 18.2 Å². The quantitative estimate of drug-likeness (QED) is 0.402. The second-order valence-electron chi connectivity index (χ2n) is 5.39. The molecule has 0 aliphatic rings. The first-order valence-electron chi connectivity index (χ1n) is 7.55. The fraction of sp³-hybridized carbons (Fsp3) is 0.412. The highest BCUT2D eigenvalue weighted by Gasteiger charge is 2.18. The Labute approximate surface area is 150 Å². The number of halogens is 1. The molecule has 5 nitrogen and oxygen atoms in total. The predicted molar refractivity (Wildman–Crippen MR) is 94.3 cm³/mol. The van der Waals surface area contributed by atoms with Crippen molar-refractivity contribution in [3.63, 3.8) is 0 Å². The Kier molecular flexibility index (Phi) is 6.60. The average Bonchev–Trinajstić information content (AvgIpc) is 3.10. The molecular weight excluding hydrogens is 350 g/mol. The van der Waals surface area contributed by atoms with Crippen LogP contribution in [0.2, 0.25) is 4.34 Å². The lowest BCUT2D eigenvalue weighted by molar-refractivity contribution is 0.0479. The fourth-order valence-electron chi connectivity index (χ4n) is 2.50. The van der Waals surface area contributed by atoms with Crippen molar-refractivity contribution in [3.8, 4) is 0 Å². The van der Waals surface area contributed by atoms with Gasteiger partial charge < -0.3 is 14.0 Å². The number of thiophene rings is 1. The van der Waals surface area contributed by atoms with E-state index in [-0.39, 0.29) is 12.4 Å². The molecular formula is C17H20ClNO4S. The molecule has 2 heterocycles. The number of methoxy groups -OCH3 is 1. The first-order chi connectivity index (χ1) is 11.4. The number of nitrogens with zero attached hydrogens (tertiary/aromatic N) is 1. The molecule has 2 aromatic heterocycles. The molecule has 0 unspecified atom stereocenters. The van der Waals surface area contributed by atoms with E-state index in [0.717, 1.165) is 35.7 Å². The number of aromatic nitrogens is 1. The van der Waals surface area contributed by atoms with Crippen LogP contribution in [0.4, 0.5) is 0 Å². The number of Topliss-reactive ketones (excluding diaryl/α,β-unsaturated/α-hetero) is 1. The SMILES string of the molecule is COCCCn1c(C)cc(C(=O)COC(=O)c2ccc(Cl)s2)c1C. The van der Waals surface area contributed by atoms with Crippen LogP contribution in [0.1, 0.15) is 37.8 Å². The Balaban J connectivity index is 1.99. The average molecular weight is 370 g/mol. The highest BCUT2D eigenvalue weighted by molar-refractivity contribution is 7.17. The van der Waals surface area contributed by atoms with Crippen molar-refractivity contribution in [1.82, 2.24) is 4.57 Å². The Morgan fingerprint density at radius 3 is 2.67 bits per heavy atom. The number of ketones is 1. The van der Waals surface area contributed by atoms with Crippen molar-refractivity contribution >= 4 is 34.7 Å². The molecule has 2 aromatic rings. The topological polar surface area (TPSA) is 57.5 Å². The third-order valence-corrected chi connectivity index (χ3v) is 4.92. The number of carbonyl (C=O) groups excluding carboxylic acids is 2. The molecule has 0 radical (unpaired) electrons. The number of rotatable bonds is 8. The molecule has 0 saturated carbocycles. The molecule has 7 heteroatoms. The minimum atomic E-state index is -0.533. The summed E-state index contributed by atoms with van der Waals surface area (Å²) < 4.78 is 12.7. The summed E-state index contributed by atoms with van der Waals surface area (Å²) >= 11 is 6.92. The van der Waals surface area contributed by atoms with Crippen molar-refractivity contribution in [2.24, 2.45) is 0 Å². The number of aryl methyl sites for hydroxylation is 1. The molecule has 24 heavy (non-hydrogen) atoms. The van der Waals surface area contributed by atoms with Gasteiger partial charge in [-0.1, -0.05) is 11.6 Å². The Hall–Kier alpha value is -1.63. The van der Waals surface area contributed by atoms with Gasteiger partial charge in [0, 0.05) is 37.2 Å². The van der Waals surface area contributed by atoms with E-state index in [4.69, 9.17) is 21.1 Å². The molecule has 0 spiro atoms. The lowest BCUT2D eigenvalue weighted by Gasteiger charge is -2.09.